The molecule has 26 heavy (non-hydrogen) atoms. The first-order chi connectivity index (χ1) is 12.4. The molecule has 3 aliphatic rings. The van der Waals surface area contributed by atoms with Crippen LogP contribution in [0.25, 0.3) is 0 Å². The molecule has 0 aromatic heterocycles. The van der Waals surface area contributed by atoms with Crippen molar-refractivity contribution in [3.8, 4) is 0 Å². The summed E-state index contributed by atoms with van der Waals surface area (Å²) in [7, 11) is 0. The van der Waals surface area contributed by atoms with Gasteiger partial charge in [0, 0.05) is 25.8 Å². The van der Waals surface area contributed by atoms with Crippen molar-refractivity contribution >= 4 is 12.2 Å². The minimum absolute atomic E-state index is 0.252. The normalized spacial score (nSPS) is 34.7. The molecule has 1 N–H and O–H groups in total. The van der Waals surface area contributed by atoms with E-state index in [1.807, 2.05) is 0 Å². The molecule has 0 radical (unpaired) electrons. The lowest BCUT2D eigenvalue weighted by atomic mass is 9.69. The van der Waals surface area contributed by atoms with Gasteiger partial charge in [-0.15, -0.1) is 0 Å². The third kappa shape index (κ3) is 4.05. The zero-order chi connectivity index (χ0) is 18.8. The fraction of sp³-hybridized carbons (Fsp3) is 0.818. The number of aliphatic hydroxyl groups is 1. The third-order valence-electron chi connectivity index (χ3n) is 6.94. The number of carbonyl (C=O) groups is 2. The lowest BCUT2D eigenvalue weighted by molar-refractivity contribution is -0.125. The molecule has 4 heteroatoms. The summed E-state index contributed by atoms with van der Waals surface area (Å²) in [6.45, 7) is 4.70. The van der Waals surface area contributed by atoms with Crippen LogP contribution in [-0.4, -0.2) is 39.9 Å². The zero-order valence-corrected chi connectivity index (χ0v) is 16.5. The predicted octanol–water partition coefficient (Wildman–Crippen LogP) is 4.01. The van der Waals surface area contributed by atoms with Crippen LogP contribution in [-0.2, 0) is 9.59 Å². The van der Waals surface area contributed by atoms with E-state index in [0.29, 0.717) is 37.6 Å². The largest absolute Gasteiger partial charge is 0.390 e. The van der Waals surface area contributed by atoms with Gasteiger partial charge in [0.1, 0.15) is 5.78 Å². The Morgan fingerprint density at radius 3 is 2.77 bits per heavy atom. The Balaban J connectivity index is 1.53. The summed E-state index contributed by atoms with van der Waals surface area (Å²) >= 11 is 0. The Morgan fingerprint density at radius 1 is 1.27 bits per heavy atom. The average molecular weight is 362 g/mol. The van der Waals surface area contributed by atoms with Gasteiger partial charge >= 0.3 is 0 Å². The third-order valence-corrected chi connectivity index (χ3v) is 6.94. The van der Waals surface area contributed by atoms with Crippen LogP contribution < -0.4 is 0 Å². The monoisotopic (exact) mass is 361 g/mol. The number of hydrogen-bond donors (Lipinski definition) is 1. The van der Waals surface area contributed by atoms with E-state index in [-0.39, 0.29) is 5.78 Å². The Labute approximate surface area is 158 Å². The molecule has 0 spiro atoms. The maximum atomic E-state index is 12.2. The highest BCUT2D eigenvalue weighted by atomic mass is 16.3. The number of hydrogen-bond acceptors (Lipinski definition) is 3. The topological polar surface area (TPSA) is 57.6 Å². The Hall–Kier alpha value is -1.16. The number of ketones is 1. The van der Waals surface area contributed by atoms with Gasteiger partial charge in [0.2, 0.25) is 6.41 Å². The fourth-order valence-electron chi connectivity index (χ4n) is 5.57. The zero-order valence-electron chi connectivity index (χ0n) is 16.5. The Bertz CT molecular complexity index is 572. The molecule has 3 rings (SSSR count). The maximum absolute atomic E-state index is 12.2. The molecule has 146 valence electrons. The number of amides is 1. The standard InChI is InChI=1S/C22H35NO3/c1-3-4-5-6-7-8-19(25)9-10-23(16-24)21(2)12-17-11-18-13-22(26,15-21)14-20(17)18/h12,16,18,20,26H,3-11,13-15H2,1-2H3. The van der Waals surface area contributed by atoms with Gasteiger partial charge in [0.25, 0.3) is 0 Å². The molecule has 2 bridgehead atoms. The van der Waals surface area contributed by atoms with Gasteiger partial charge in [-0.05, 0) is 44.4 Å². The van der Waals surface area contributed by atoms with Crippen LogP contribution in [0.1, 0.15) is 84.5 Å². The quantitative estimate of drug-likeness (QED) is 0.344. The number of rotatable bonds is 11. The molecule has 0 aromatic rings. The van der Waals surface area contributed by atoms with Crippen molar-refractivity contribution in [2.24, 2.45) is 11.8 Å². The molecule has 1 amide bonds. The van der Waals surface area contributed by atoms with Crippen molar-refractivity contribution in [2.75, 3.05) is 6.54 Å². The molecular weight excluding hydrogens is 326 g/mol. The molecule has 0 saturated heterocycles. The van der Waals surface area contributed by atoms with Gasteiger partial charge in [0.15, 0.2) is 0 Å². The van der Waals surface area contributed by atoms with Crippen LogP contribution in [0.4, 0.5) is 0 Å². The van der Waals surface area contributed by atoms with Crippen LogP contribution in [0.15, 0.2) is 11.6 Å². The molecule has 4 nitrogen and oxygen atoms in total. The second-order valence-electron chi connectivity index (χ2n) is 9.21. The minimum atomic E-state index is -0.649. The summed E-state index contributed by atoms with van der Waals surface area (Å²) in [6, 6.07) is 0. The number of Topliss-reactive ketones (excluding diaryl/α,β-unsaturated/α-hetero) is 1. The second-order valence-corrected chi connectivity index (χ2v) is 9.21. The fourth-order valence-corrected chi connectivity index (χ4v) is 5.57. The first-order valence-electron chi connectivity index (χ1n) is 10.6. The number of nitrogens with zero attached hydrogens (tertiary/aromatic N) is 1. The van der Waals surface area contributed by atoms with Crippen molar-refractivity contribution in [3.05, 3.63) is 11.6 Å². The molecule has 2 saturated carbocycles. The van der Waals surface area contributed by atoms with E-state index in [4.69, 9.17) is 0 Å². The molecule has 4 atom stereocenters. The van der Waals surface area contributed by atoms with Gasteiger partial charge in [-0.1, -0.05) is 44.3 Å². The van der Waals surface area contributed by atoms with E-state index in [0.717, 1.165) is 38.5 Å². The average Bonchev–Trinajstić information content (AvgIpc) is 2.78. The lowest BCUT2D eigenvalue weighted by Gasteiger charge is -2.44. The molecule has 4 unspecified atom stereocenters. The Kier molecular flexibility index (Phi) is 5.91. The van der Waals surface area contributed by atoms with E-state index in [2.05, 4.69) is 19.9 Å². The van der Waals surface area contributed by atoms with E-state index in [1.54, 1.807) is 4.90 Å². The summed E-state index contributed by atoms with van der Waals surface area (Å²) in [4.78, 5) is 25.8. The molecule has 3 aliphatic carbocycles. The van der Waals surface area contributed by atoms with Crippen LogP contribution in [0.5, 0.6) is 0 Å². The summed E-state index contributed by atoms with van der Waals surface area (Å²) in [5.41, 5.74) is 0.302. The van der Waals surface area contributed by atoms with Gasteiger partial charge in [-0.2, -0.15) is 0 Å². The van der Waals surface area contributed by atoms with Crippen molar-refractivity contribution in [3.63, 3.8) is 0 Å². The number of carbonyl (C=O) groups excluding carboxylic acids is 2. The predicted molar refractivity (Wildman–Crippen MR) is 103 cm³/mol. The van der Waals surface area contributed by atoms with Crippen LogP contribution in [0.3, 0.4) is 0 Å². The van der Waals surface area contributed by atoms with Gasteiger partial charge in [-0.3, -0.25) is 9.59 Å². The van der Waals surface area contributed by atoms with Crippen LogP contribution in [0.2, 0.25) is 0 Å². The van der Waals surface area contributed by atoms with Crippen molar-refractivity contribution < 1.29 is 14.7 Å². The van der Waals surface area contributed by atoms with Gasteiger partial charge < -0.3 is 10.0 Å². The lowest BCUT2D eigenvalue weighted by Crippen LogP contribution is -2.50. The molecule has 0 aliphatic heterocycles. The van der Waals surface area contributed by atoms with Crippen LogP contribution in [0, 0.1) is 11.8 Å². The van der Waals surface area contributed by atoms with Gasteiger partial charge in [-0.25, -0.2) is 0 Å². The molecule has 0 aromatic carbocycles. The van der Waals surface area contributed by atoms with Crippen molar-refractivity contribution in [1.29, 1.82) is 0 Å². The molecule has 0 heterocycles. The van der Waals surface area contributed by atoms with E-state index >= 15 is 0 Å². The number of allylic oxidation sites excluding steroid dienone is 1. The minimum Gasteiger partial charge on any atom is -0.390 e. The van der Waals surface area contributed by atoms with Crippen molar-refractivity contribution in [1.82, 2.24) is 4.90 Å². The van der Waals surface area contributed by atoms with Gasteiger partial charge in [0.05, 0.1) is 11.1 Å². The summed E-state index contributed by atoms with van der Waals surface area (Å²) in [5, 5.41) is 11.0. The highest BCUT2D eigenvalue weighted by Gasteiger charge is 2.56. The van der Waals surface area contributed by atoms with Crippen molar-refractivity contribution in [2.45, 2.75) is 95.6 Å². The number of fused-ring (bicyclic) bond motifs is 1. The number of unbranched alkanes of at least 4 members (excludes halogenated alkanes) is 4. The van der Waals surface area contributed by atoms with E-state index in [9.17, 15) is 14.7 Å². The van der Waals surface area contributed by atoms with E-state index in [1.165, 1.54) is 24.8 Å². The summed E-state index contributed by atoms with van der Waals surface area (Å²) in [6.07, 6.45) is 13.3. The summed E-state index contributed by atoms with van der Waals surface area (Å²) < 4.78 is 0. The van der Waals surface area contributed by atoms with Crippen LogP contribution >= 0.6 is 0 Å². The molecule has 2 fully saturated rings. The van der Waals surface area contributed by atoms with E-state index < -0.39 is 11.1 Å². The second kappa shape index (κ2) is 7.84. The highest BCUT2D eigenvalue weighted by molar-refractivity contribution is 5.78. The maximum Gasteiger partial charge on any atom is 0.210 e. The first kappa shape index (κ1) is 19.6. The smallest absolute Gasteiger partial charge is 0.210 e. The first-order valence-corrected chi connectivity index (χ1v) is 10.6. The summed E-state index contributed by atoms with van der Waals surface area (Å²) in [5.74, 6) is 1.43. The highest BCUT2D eigenvalue weighted by Crippen LogP contribution is 2.59. The molecular formula is C22H35NO3. The Morgan fingerprint density at radius 2 is 2.04 bits per heavy atom. The SMILES string of the molecule is CCCCCCCC(=O)CCN(C=O)C1(C)C=C2CC3CC(O)(CC23)C1.